The normalized spacial score (nSPS) is 26.4. The van der Waals surface area contributed by atoms with Crippen molar-refractivity contribution in [2.24, 2.45) is 0 Å². The molecule has 5 rings (SSSR count). The summed E-state index contributed by atoms with van der Waals surface area (Å²) in [5.74, 6) is -0.202. The maximum atomic E-state index is 14.1. The van der Waals surface area contributed by atoms with Gasteiger partial charge in [-0.3, -0.25) is 4.90 Å². The van der Waals surface area contributed by atoms with E-state index in [1.807, 2.05) is 4.90 Å². The van der Waals surface area contributed by atoms with Gasteiger partial charge in [-0.15, -0.1) is 0 Å². The fraction of sp³-hybridized carbons (Fsp3) is 0.650. The second-order valence-corrected chi connectivity index (χ2v) is 8.38. The van der Waals surface area contributed by atoms with Crippen LogP contribution in [0.15, 0.2) is 6.20 Å². The number of β-amino-alcohol motifs (C(OH)–C–C–N with tert-alkyl or cyclic N) is 1. The van der Waals surface area contributed by atoms with Gasteiger partial charge in [-0.2, -0.15) is 9.97 Å². The third-order valence-corrected chi connectivity index (χ3v) is 6.20. The first-order valence-corrected chi connectivity index (χ1v) is 10.7. The number of halogens is 3. The Morgan fingerprint density at radius 3 is 2.73 bits per heavy atom. The molecule has 3 atom stereocenters. The topological polar surface area (TPSA) is 74.6 Å². The van der Waals surface area contributed by atoms with E-state index in [1.54, 1.807) is 0 Å². The molecule has 0 amide bonds. The highest BCUT2D eigenvalue weighted by Crippen LogP contribution is 2.31. The van der Waals surface area contributed by atoms with Crippen LogP contribution in [-0.4, -0.2) is 76.6 Å². The summed E-state index contributed by atoms with van der Waals surface area (Å²) in [6.07, 6.45) is 5.40. The number of hydrogen-bond donors (Lipinski definition) is 1. The number of piperidine rings is 1. The number of alkyl halides is 1. The van der Waals surface area contributed by atoms with Crippen molar-refractivity contribution < 1.29 is 18.6 Å². The van der Waals surface area contributed by atoms with Gasteiger partial charge >= 0.3 is 6.01 Å². The summed E-state index contributed by atoms with van der Waals surface area (Å²) in [5, 5.41) is 10.0. The Hall–Kier alpha value is -1.84. The monoisotopic (exact) mass is 441 g/mol. The molecule has 3 saturated heterocycles. The van der Waals surface area contributed by atoms with Crippen LogP contribution in [0.2, 0.25) is 5.15 Å². The van der Waals surface area contributed by atoms with Crippen molar-refractivity contribution in [2.45, 2.75) is 50.4 Å². The SMILES string of the molecule is COc1nc(N2CCCC(O)C2)c2cnc(Cl)c(F)c2n1.FC1CC2CCCN2C1. The second-order valence-electron chi connectivity index (χ2n) is 8.03. The standard InChI is InChI=1S/C13H14ClFN4O2.C7H12FN/c1-21-13-17-10-8(5-16-11(14)9(10)15)12(18-13)19-4-2-3-7(20)6-19;8-6-4-7-2-1-3-9(7)5-6/h5,7,20H,2-4,6H2,1H3;6-7H,1-5H2. The Balaban J connectivity index is 0.000000200. The van der Waals surface area contributed by atoms with Crippen LogP contribution >= 0.6 is 11.6 Å². The Bertz CT molecular complexity index is 893. The maximum Gasteiger partial charge on any atom is 0.318 e. The van der Waals surface area contributed by atoms with Gasteiger partial charge < -0.3 is 14.7 Å². The number of hydrogen-bond acceptors (Lipinski definition) is 7. The van der Waals surface area contributed by atoms with Gasteiger partial charge in [0.1, 0.15) is 17.5 Å². The van der Waals surface area contributed by atoms with E-state index in [0.717, 1.165) is 32.4 Å². The number of methoxy groups -OCH3 is 1. The lowest BCUT2D eigenvalue weighted by Crippen LogP contribution is -2.38. The number of nitrogens with zero attached hydrogens (tertiary/aromatic N) is 5. The summed E-state index contributed by atoms with van der Waals surface area (Å²) in [5.41, 5.74) is 0.0666. The third kappa shape index (κ3) is 4.43. The predicted octanol–water partition coefficient (Wildman–Crippen LogP) is 2.98. The highest BCUT2D eigenvalue weighted by molar-refractivity contribution is 6.30. The zero-order valence-corrected chi connectivity index (χ0v) is 17.7. The zero-order chi connectivity index (χ0) is 21.3. The zero-order valence-electron chi connectivity index (χ0n) is 16.9. The van der Waals surface area contributed by atoms with Crippen LogP contribution in [0.3, 0.4) is 0 Å². The highest BCUT2D eigenvalue weighted by Gasteiger charge is 2.34. The third-order valence-electron chi connectivity index (χ3n) is 5.94. The van der Waals surface area contributed by atoms with E-state index in [2.05, 4.69) is 19.9 Å². The van der Waals surface area contributed by atoms with Crippen molar-refractivity contribution in [3.05, 3.63) is 17.2 Å². The molecular weight excluding hydrogens is 416 g/mol. The molecule has 0 radical (unpaired) electrons. The Kier molecular flexibility index (Phi) is 6.50. The fourth-order valence-electron chi connectivity index (χ4n) is 4.51. The molecule has 1 N–H and O–H groups in total. The van der Waals surface area contributed by atoms with Crippen LogP contribution < -0.4 is 9.64 Å². The van der Waals surface area contributed by atoms with Gasteiger partial charge in [0.2, 0.25) is 0 Å². The maximum absolute atomic E-state index is 14.1. The molecule has 0 aromatic carbocycles. The van der Waals surface area contributed by atoms with Crippen molar-refractivity contribution in [1.29, 1.82) is 0 Å². The smallest absolute Gasteiger partial charge is 0.318 e. The molecular formula is C20H26ClF2N5O2. The van der Waals surface area contributed by atoms with Crippen LogP contribution in [0.25, 0.3) is 10.9 Å². The van der Waals surface area contributed by atoms with Gasteiger partial charge in [-0.25, -0.2) is 13.8 Å². The minimum Gasteiger partial charge on any atom is -0.467 e. The molecule has 0 aliphatic carbocycles. The lowest BCUT2D eigenvalue weighted by Gasteiger charge is -2.31. The number of aromatic nitrogens is 3. The molecule has 3 aliphatic rings. The van der Waals surface area contributed by atoms with Gasteiger partial charge in [-0.05, 0) is 38.6 Å². The molecule has 7 nitrogen and oxygen atoms in total. The van der Waals surface area contributed by atoms with Crippen molar-refractivity contribution in [1.82, 2.24) is 19.9 Å². The van der Waals surface area contributed by atoms with Crippen molar-refractivity contribution in [3.63, 3.8) is 0 Å². The van der Waals surface area contributed by atoms with E-state index in [0.29, 0.717) is 30.3 Å². The molecule has 2 aromatic rings. The molecule has 3 unspecified atom stereocenters. The minimum atomic E-state index is -0.700. The molecule has 3 aliphatic heterocycles. The van der Waals surface area contributed by atoms with Crippen LogP contribution in [0, 0.1) is 5.82 Å². The van der Waals surface area contributed by atoms with Crippen LogP contribution in [0.4, 0.5) is 14.6 Å². The molecule has 0 bridgehead atoms. The second kappa shape index (κ2) is 9.11. The first-order valence-electron chi connectivity index (χ1n) is 10.3. The molecule has 2 aromatic heterocycles. The number of pyridine rings is 1. The van der Waals surface area contributed by atoms with E-state index >= 15 is 0 Å². The number of ether oxygens (including phenoxy) is 1. The molecule has 10 heteroatoms. The minimum absolute atomic E-state index is 0.0544. The summed E-state index contributed by atoms with van der Waals surface area (Å²) in [6, 6.07) is 0.665. The number of aliphatic hydroxyl groups excluding tert-OH is 1. The van der Waals surface area contributed by atoms with Gasteiger partial charge in [0.15, 0.2) is 11.0 Å². The number of aliphatic hydroxyl groups is 1. The van der Waals surface area contributed by atoms with E-state index in [9.17, 15) is 13.9 Å². The van der Waals surface area contributed by atoms with E-state index in [1.165, 1.54) is 26.1 Å². The van der Waals surface area contributed by atoms with E-state index in [4.69, 9.17) is 16.3 Å². The summed E-state index contributed by atoms with van der Waals surface area (Å²) in [6.45, 7) is 3.01. The van der Waals surface area contributed by atoms with E-state index < -0.39 is 18.1 Å². The predicted molar refractivity (Wildman–Crippen MR) is 110 cm³/mol. The molecule has 0 spiro atoms. The number of fused-ring (bicyclic) bond motifs is 2. The van der Waals surface area contributed by atoms with Crippen molar-refractivity contribution in [3.8, 4) is 6.01 Å². The van der Waals surface area contributed by atoms with E-state index in [-0.39, 0.29) is 16.7 Å². The van der Waals surface area contributed by atoms with Crippen molar-refractivity contribution in [2.75, 3.05) is 38.2 Å². The Morgan fingerprint density at radius 1 is 1.20 bits per heavy atom. The van der Waals surface area contributed by atoms with Crippen LogP contribution in [0.5, 0.6) is 6.01 Å². The summed E-state index contributed by atoms with van der Waals surface area (Å²) < 4.78 is 31.8. The van der Waals surface area contributed by atoms with Gasteiger partial charge in [0.05, 0.1) is 18.6 Å². The molecule has 0 saturated carbocycles. The van der Waals surface area contributed by atoms with Crippen LogP contribution in [0.1, 0.15) is 32.1 Å². The number of anilines is 1. The first kappa shape index (κ1) is 21.4. The lowest BCUT2D eigenvalue weighted by molar-refractivity contribution is 0.154. The molecule has 3 fully saturated rings. The number of rotatable bonds is 2. The quantitative estimate of drug-likeness (QED) is 0.718. The molecule has 5 heterocycles. The molecule has 164 valence electrons. The van der Waals surface area contributed by atoms with Gasteiger partial charge in [0, 0.05) is 31.9 Å². The summed E-state index contributed by atoms with van der Waals surface area (Å²) in [4.78, 5) is 16.3. The van der Waals surface area contributed by atoms with Gasteiger partial charge in [-0.1, -0.05) is 11.6 Å². The average molecular weight is 442 g/mol. The summed E-state index contributed by atoms with van der Waals surface area (Å²) in [7, 11) is 1.41. The van der Waals surface area contributed by atoms with Gasteiger partial charge in [0.25, 0.3) is 0 Å². The first-order chi connectivity index (χ1) is 14.5. The van der Waals surface area contributed by atoms with Crippen molar-refractivity contribution >= 4 is 28.3 Å². The average Bonchev–Trinajstić information content (AvgIpc) is 3.31. The highest BCUT2D eigenvalue weighted by atomic mass is 35.5. The Labute approximate surface area is 179 Å². The lowest BCUT2D eigenvalue weighted by atomic mass is 10.1. The largest absolute Gasteiger partial charge is 0.467 e. The molecule has 30 heavy (non-hydrogen) atoms. The summed E-state index contributed by atoms with van der Waals surface area (Å²) >= 11 is 5.70. The fourth-order valence-corrected chi connectivity index (χ4v) is 4.64. The Morgan fingerprint density at radius 2 is 2.00 bits per heavy atom. The van der Waals surface area contributed by atoms with Crippen LogP contribution in [-0.2, 0) is 0 Å².